The summed E-state index contributed by atoms with van der Waals surface area (Å²) in [5.74, 6) is 2.52. The Hall–Kier alpha value is 0.107. The maximum Gasteiger partial charge on any atom is 0.194 e. The minimum Gasteiger partial charge on any atom is -0.398 e. The molecule has 25 heavy (non-hydrogen) atoms. The van der Waals surface area contributed by atoms with Crippen molar-refractivity contribution in [3.8, 4) is 6.07 Å². The summed E-state index contributed by atoms with van der Waals surface area (Å²) in [6, 6.07) is 2.72. The first-order valence-electron chi connectivity index (χ1n) is 9.61. The van der Waals surface area contributed by atoms with Crippen molar-refractivity contribution < 1.29 is 4.43 Å². The minimum atomic E-state index is -2.01. The Balaban J connectivity index is 2.00. The van der Waals surface area contributed by atoms with Crippen LogP contribution in [0.4, 0.5) is 0 Å². The van der Waals surface area contributed by atoms with Crippen LogP contribution in [0.15, 0.2) is 11.6 Å². The number of hydrogen-bond acceptors (Lipinski definition) is 4. The monoisotopic (exact) mass is 395 g/mol. The molecule has 0 aromatic carbocycles. The number of fused-ring (bicyclic) bond motifs is 1. The lowest BCUT2D eigenvalue weighted by Crippen LogP contribution is -2.59. The standard InChI is InChI=1S/C20H33NOS2Si/c1-17(2,3)25(5,6)22-19(15-21)9-7-8-16-14-20(23-12-13-24-20)11-10-18(16,19)4/h14H,7-13H2,1-6H3/t18-,19-/m0/s1. The molecule has 1 spiro atoms. The predicted molar refractivity (Wildman–Crippen MR) is 114 cm³/mol. The summed E-state index contributed by atoms with van der Waals surface area (Å²) < 4.78 is 7.21. The van der Waals surface area contributed by atoms with E-state index in [2.05, 4.69) is 76.5 Å². The molecule has 2 atom stereocenters. The van der Waals surface area contributed by atoms with E-state index in [-0.39, 0.29) is 14.5 Å². The van der Waals surface area contributed by atoms with Crippen LogP contribution in [0.3, 0.4) is 0 Å². The molecule has 140 valence electrons. The van der Waals surface area contributed by atoms with E-state index in [1.54, 1.807) is 0 Å². The molecule has 2 nitrogen and oxygen atoms in total. The lowest BCUT2D eigenvalue weighted by Gasteiger charge is -2.56. The average molecular weight is 396 g/mol. The van der Waals surface area contributed by atoms with Gasteiger partial charge in [0.1, 0.15) is 0 Å². The zero-order valence-electron chi connectivity index (χ0n) is 16.7. The van der Waals surface area contributed by atoms with E-state index in [1.807, 2.05) is 0 Å². The highest BCUT2D eigenvalue weighted by Gasteiger charge is 2.59. The van der Waals surface area contributed by atoms with Crippen LogP contribution in [0.1, 0.15) is 59.8 Å². The van der Waals surface area contributed by atoms with Crippen molar-refractivity contribution in [1.82, 2.24) is 0 Å². The summed E-state index contributed by atoms with van der Waals surface area (Å²) in [4.78, 5) is 0. The van der Waals surface area contributed by atoms with Crippen molar-refractivity contribution in [1.29, 1.82) is 5.26 Å². The highest BCUT2D eigenvalue weighted by molar-refractivity contribution is 8.21. The molecule has 0 radical (unpaired) electrons. The maximum atomic E-state index is 10.3. The van der Waals surface area contributed by atoms with E-state index < -0.39 is 13.9 Å². The Morgan fingerprint density at radius 2 is 1.80 bits per heavy atom. The molecule has 1 aliphatic heterocycles. The first kappa shape index (κ1) is 19.9. The lowest BCUT2D eigenvalue weighted by molar-refractivity contribution is -0.0268. The van der Waals surface area contributed by atoms with Gasteiger partial charge < -0.3 is 4.43 Å². The van der Waals surface area contributed by atoms with Gasteiger partial charge in [0, 0.05) is 16.9 Å². The van der Waals surface area contributed by atoms with Gasteiger partial charge in [-0.2, -0.15) is 5.26 Å². The van der Waals surface area contributed by atoms with Crippen LogP contribution in [-0.4, -0.2) is 29.5 Å². The van der Waals surface area contributed by atoms with Gasteiger partial charge in [0.25, 0.3) is 0 Å². The molecule has 3 rings (SSSR count). The van der Waals surface area contributed by atoms with Gasteiger partial charge in [0.15, 0.2) is 13.9 Å². The molecule has 0 N–H and O–H groups in total. The molecule has 0 amide bonds. The third-order valence-electron chi connectivity index (χ3n) is 7.13. The van der Waals surface area contributed by atoms with Crippen molar-refractivity contribution in [2.45, 2.75) is 87.6 Å². The predicted octanol–water partition coefficient (Wildman–Crippen LogP) is 6.36. The van der Waals surface area contributed by atoms with E-state index in [4.69, 9.17) is 4.43 Å². The van der Waals surface area contributed by atoms with Crippen molar-refractivity contribution in [2.24, 2.45) is 5.41 Å². The molecule has 5 heteroatoms. The molecular weight excluding hydrogens is 362 g/mol. The number of rotatable bonds is 2. The first-order valence-corrected chi connectivity index (χ1v) is 14.5. The highest BCUT2D eigenvalue weighted by Crippen LogP contribution is 2.62. The van der Waals surface area contributed by atoms with Gasteiger partial charge in [0.2, 0.25) is 0 Å². The number of hydrogen-bond donors (Lipinski definition) is 0. The summed E-state index contributed by atoms with van der Waals surface area (Å²) in [7, 11) is -2.01. The molecule has 0 aromatic rings. The second kappa shape index (κ2) is 6.33. The fraction of sp³-hybridized carbons (Fsp3) is 0.850. The zero-order valence-corrected chi connectivity index (χ0v) is 19.3. The molecule has 2 fully saturated rings. The Labute approximate surface area is 163 Å². The van der Waals surface area contributed by atoms with Gasteiger partial charge in [-0.25, -0.2) is 0 Å². The fourth-order valence-electron chi connectivity index (χ4n) is 4.35. The Kier molecular flexibility index (Phi) is 5.02. The van der Waals surface area contributed by atoms with Crippen LogP contribution in [0.25, 0.3) is 0 Å². The van der Waals surface area contributed by atoms with Crippen LogP contribution >= 0.6 is 23.5 Å². The third-order valence-corrected chi connectivity index (χ3v) is 15.0. The minimum absolute atomic E-state index is 0.121. The quantitative estimate of drug-likeness (QED) is 0.402. The van der Waals surface area contributed by atoms with Gasteiger partial charge >= 0.3 is 0 Å². The smallest absolute Gasteiger partial charge is 0.194 e. The molecular formula is C20H33NOS2Si. The van der Waals surface area contributed by atoms with Crippen molar-refractivity contribution in [3.63, 3.8) is 0 Å². The van der Waals surface area contributed by atoms with Gasteiger partial charge in [-0.05, 0) is 50.2 Å². The molecule has 2 aliphatic carbocycles. The Bertz CT molecular complexity index is 612. The van der Waals surface area contributed by atoms with E-state index in [0.717, 1.165) is 25.7 Å². The van der Waals surface area contributed by atoms with Crippen LogP contribution in [0, 0.1) is 16.7 Å². The second-order valence-corrected chi connectivity index (χ2v) is 17.5. The van der Waals surface area contributed by atoms with Gasteiger partial charge in [-0.1, -0.05) is 39.3 Å². The second-order valence-electron chi connectivity index (χ2n) is 9.67. The number of nitriles is 1. The molecule has 0 unspecified atom stereocenters. The molecule has 1 heterocycles. The lowest BCUT2D eigenvalue weighted by atomic mass is 9.58. The maximum absolute atomic E-state index is 10.3. The highest BCUT2D eigenvalue weighted by atomic mass is 32.2. The first-order chi connectivity index (χ1) is 11.5. The number of thioether (sulfide) groups is 2. The molecule has 1 saturated heterocycles. The SMILES string of the molecule is CC(C)(C)[Si](C)(C)O[C@]1(C#N)CCCC2=CC3(CC[C@@]21C)SCCS3. The molecule has 0 aromatic heterocycles. The van der Waals surface area contributed by atoms with Crippen molar-refractivity contribution in [3.05, 3.63) is 11.6 Å². The summed E-state index contributed by atoms with van der Waals surface area (Å²) in [5.41, 5.74) is 0.743. The van der Waals surface area contributed by atoms with E-state index in [1.165, 1.54) is 23.5 Å². The Morgan fingerprint density at radius 1 is 1.16 bits per heavy atom. The van der Waals surface area contributed by atoms with Crippen LogP contribution in [-0.2, 0) is 4.43 Å². The molecule has 3 aliphatic rings. The van der Waals surface area contributed by atoms with E-state index in [9.17, 15) is 5.26 Å². The fourth-order valence-corrected chi connectivity index (χ4v) is 9.03. The van der Waals surface area contributed by atoms with Gasteiger partial charge in [-0.15, -0.1) is 23.5 Å². The zero-order chi connectivity index (χ0) is 18.6. The van der Waals surface area contributed by atoms with E-state index >= 15 is 0 Å². The van der Waals surface area contributed by atoms with Crippen molar-refractivity contribution in [2.75, 3.05) is 11.5 Å². The van der Waals surface area contributed by atoms with Crippen LogP contribution in [0.5, 0.6) is 0 Å². The summed E-state index contributed by atoms with van der Waals surface area (Å²) >= 11 is 4.23. The third kappa shape index (κ3) is 3.16. The topological polar surface area (TPSA) is 33.0 Å². The summed E-state index contributed by atoms with van der Waals surface area (Å²) in [5, 5.41) is 10.5. The van der Waals surface area contributed by atoms with Crippen LogP contribution in [0.2, 0.25) is 18.1 Å². The summed E-state index contributed by atoms with van der Waals surface area (Å²) in [6.45, 7) is 13.7. The van der Waals surface area contributed by atoms with Gasteiger partial charge in [-0.3, -0.25) is 0 Å². The average Bonchev–Trinajstić information content (AvgIpc) is 2.96. The van der Waals surface area contributed by atoms with Crippen LogP contribution < -0.4 is 0 Å². The van der Waals surface area contributed by atoms with E-state index in [0.29, 0.717) is 0 Å². The van der Waals surface area contributed by atoms with Crippen molar-refractivity contribution >= 4 is 31.8 Å². The molecule has 0 bridgehead atoms. The van der Waals surface area contributed by atoms with Gasteiger partial charge in [0.05, 0.1) is 10.1 Å². The normalized spacial score (nSPS) is 35.2. The number of nitrogens with zero attached hydrogens (tertiary/aromatic N) is 1. The molecule has 1 saturated carbocycles. The summed E-state index contributed by atoms with van der Waals surface area (Å²) in [6.07, 6.45) is 7.92. The largest absolute Gasteiger partial charge is 0.398 e. The Morgan fingerprint density at radius 3 is 2.36 bits per heavy atom.